The summed E-state index contributed by atoms with van der Waals surface area (Å²) in [5.41, 5.74) is 0. The van der Waals surface area contributed by atoms with Crippen LogP contribution >= 0.6 is 0 Å². The smallest absolute Gasteiger partial charge is 0.460 e. The lowest BCUT2D eigenvalue weighted by atomic mass is 10.1. The Morgan fingerprint density at radius 1 is 1.19 bits per heavy atom. The van der Waals surface area contributed by atoms with Crippen LogP contribution in [0.15, 0.2) is 0 Å². The molecule has 0 radical (unpaired) electrons. The molecule has 1 rings (SSSR count). The summed E-state index contributed by atoms with van der Waals surface area (Å²) in [6.45, 7) is 6.45. The summed E-state index contributed by atoms with van der Waals surface area (Å²) in [7, 11) is 0. The van der Waals surface area contributed by atoms with Crippen molar-refractivity contribution in [3.05, 3.63) is 0 Å². The van der Waals surface area contributed by atoms with Crippen LogP contribution in [-0.4, -0.2) is 33.8 Å². The van der Waals surface area contributed by atoms with Crippen LogP contribution in [0.4, 0.5) is 0 Å². The summed E-state index contributed by atoms with van der Waals surface area (Å²) in [5.74, 6) is 0. The van der Waals surface area contributed by atoms with Crippen LogP contribution in [0, 0.1) is 0 Å². The minimum atomic E-state index is -0.861. The molecule has 1 saturated heterocycles. The van der Waals surface area contributed by atoms with E-state index in [0.29, 0.717) is 6.10 Å². The van der Waals surface area contributed by atoms with E-state index in [1.165, 1.54) is 42.7 Å². The van der Waals surface area contributed by atoms with Gasteiger partial charge in [0.15, 0.2) is 0 Å². The first-order chi connectivity index (χ1) is 7.86. The zero-order chi connectivity index (χ0) is 11.6. The zero-order valence-corrected chi connectivity index (χ0v) is 12.2. The molecule has 0 saturated carbocycles. The van der Waals surface area contributed by atoms with Gasteiger partial charge >= 0.3 is 14.5 Å². The summed E-state index contributed by atoms with van der Waals surface area (Å²) in [6.07, 6.45) is 8.03. The summed E-state index contributed by atoms with van der Waals surface area (Å²) >= 11 is -0.861. The Morgan fingerprint density at radius 3 is 2.50 bits per heavy atom. The van der Waals surface area contributed by atoms with Crippen molar-refractivity contribution in [2.75, 3.05) is 13.2 Å². The lowest BCUT2D eigenvalue weighted by Gasteiger charge is -2.23. The zero-order valence-electron chi connectivity index (χ0n) is 11.0. The summed E-state index contributed by atoms with van der Waals surface area (Å²) in [6, 6.07) is 0. The first-order valence-corrected chi connectivity index (χ1v) is 9.20. The van der Waals surface area contributed by atoms with Gasteiger partial charge in [0.1, 0.15) is 0 Å². The van der Waals surface area contributed by atoms with Gasteiger partial charge in [-0.15, -0.1) is 0 Å². The fourth-order valence-electron chi connectivity index (χ4n) is 2.36. The monoisotopic (exact) mass is 242 g/mol. The molecule has 0 aromatic heterocycles. The maximum atomic E-state index is 6.08. The second kappa shape index (κ2) is 9.48. The van der Waals surface area contributed by atoms with E-state index in [0.717, 1.165) is 19.6 Å². The lowest BCUT2D eigenvalue weighted by molar-refractivity contribution is 0.00378. The summed E-state index contributed by atoms with van der Waals surface area (Å²) in [4.78, 5) is 0. The topological polar surface area (TPSA) is 18.5 Å². The van der Waals surface area contributed by atoms with Crippen molar-refractivity contribution in [3.63, 3.8) is 0 Å². The van der Waals surface area contributed by atoms with E-state index in [4.69, 9.17) is 8.53 Å². The molecule has 0 aromatic carbocycles. The van der Waals surface area contributed by atoms with Crippen molar-refractivity contribution < 1.29 is 8.53 Å². The Kier molecular flexibility index (Phi) is 8.60. The number of hydrogen-bond donors (Lipinski definition) is 0. The molecule has 0 amide bonds. The molecular formula is C13H27AlO2. The normalized spacial score (nSPS) is 21.0. The highest BCUT2D eigenvalue weighted by atomic mass is 27.2. The summed E-state index contributed by atoms with van der Waals surface area (Å²) < 4.78 is 11.8. The van der Waals surface area contributed by atoms with Gasteiger partial charge in [-0.2, -0.15) is 0 Å². The van der Waals surface area contributed by atoms with Gasteiger partial charge in [0, 0.05) is 13.2 Å². The van der Waals surface area contributed by atoms with E-state index in [2.05, 4.69) is 13.8 Å². The highest BCUT2D eigenvalue weighted by Gasteiger charge is 2.19. The minimum absolute atomic E-state index is 0.492. The van der Waals surface area contributed by atoms with Crippen LogP contribution < -0.4 is 0 Å². The lowest BCUT2D eigenvalue weighted by Crippen LogP contribution is -2.24. The van der Waals surface area contributed by atoms with E-state index >= 15 is 0 Å². The van der Waals surface area contributed by atoms with Crippen molar-refractivity contribution in [1.82, 2.24) is 0 Å². The third-order valence-corrected chi connectivity index (χ3v) is 6.44. The highest BCUT2D eigenvalue weighted by Crippen LogP contribution is 2.16. The van der Waals surface area contributed by atoms with Gasteiger partial charge in [0.2, 0.25) is 0 Å². The van der Waals surface area contributed by atoms with E-state index in [9.17, 15) is 0 Å². The molecule has 1 heterocycles. The van der Waals surface area contributed by atoms with Gasteiger partial charge in [-0.25, -0.2) is 0 Å². The van der Waals surface area contributed by atoms with Crippen LogP contribution in [0.25, 0.3) is 0 Å². The largest absolute Gasteiger partial charge is 0.501 e. The number of ether oxygens (including phenoxy) is 1. The van der Waals surface area contributed by atoms with Crippen molar-refractivity contribution >= 4 is 14.5 Å². The molecule has 0 aliphatic carbocycles. The van der Waals surface area contributed by atoms with Crippen molar-refractivity contribution in [2.24, 2.45) is 0 Å². The van der Waals surface area contributed by atoms with E-state index in [1.807, 2.05) is 0 Å². The van der Waals surface area contributed by atoms with Crippen LogP contribution in [0.2, 0.25) is 10.6 Å². The SMILES string of the molecule is CC[CH2][Al]([CH2]CC)[O]CCC1CCCCO1. The van der Waals surface area contributed by atoms with E-state index in [-0.39, 0.29) is 0 Å². The molecule has 16 heavy (non-hydrogen) atoms. The standard InChI is InChI=1S/C7H13O2.2C3H7.Al/c8-5-4-7-3-1-2-6-9-7;2*1-3-2;/h7H,1-6H2;2*1,3H2,2H3;/q-1;;;+1. The maximum absolute atomic E-state index is 6.08. The summed E-state index contributed by atoms with van der Waals surface area (Å²) in [5, 5.41) is 2.69. The van der Waals surface area contributed by atoms with Gasteiger partial charge < -0.3 is 8.53 Å². The second-order valence-corrected chi connectivity index (χ2v) is 7.58. The first-order valence-electron chi connectivity index (χ1n) is 7.10. The third kappa shape index (κ3) is 6.25. The fourth-order valence-corrected chi connectivity index (χ4v) is 4.74. The van der Waals surface area contributed by atoms with E-state index < -0.39 is 14.5 Å². The predicted molar refractivity (Wildman–Crippen MR) is 70.1 cm³/mol. The van der Waals surface area contributed by atoms with Gasteiger partial charge in [-0.1, -0.05) is 37.3 Å². The Balaban J connectivity index is 2.06. The van der Waals surface area contributed by atoms with E-state index in [1.54, 1.807) is 0 Å². The average molecular weight is 242 g/mol. The Bertz CT molecular complexity index is 152. The maximum Gasteiger partial charge on any atom is 0.460 e. The molecule has 3 heteroatoms. The average Bonchev–Trinajstić information content (AvgIpc) is 2.31. The fraction of sp³-hybridized carbons (Fsp3) is 1.00. The van der Waals surface area contributed by atoms with Crippen molar-refractivity contribution in [1.29, 1.82) is 0 Å². The molecule has 0 aromatic rings. The number of hydrogen-bond acceptors (Lipinski definition) is 2. The number of rotatable bonds is 8. The molecule has 2 nitrogen and oxygen atoms in total. The molecule has 1 unspecified atom stereocenters. The molecule has 1 aliphatic heterocycles. The Labute approximate surface area is 105 Å². The van der Waals surface area contributed by atoms with Crippen LogP contribution in [0.3, 0.4) is 0 Å². The third-order valence-electron chi connectivity index (χ3n) is 3.29. The molecule has 94 valence electrons. The van der Waals surface area contributed by atoms with Gasteiger partial charge in [-0.05, 0) is 25.7 Å². The Hall–Kier alpha value is 0.452. The van der Waals surface area contributed by atoms with Crippen LogP contribution in [0.1, 0.15) is 52.4 Å². The molecule has 1 fully saturated rings. The highest BCUT2D eigenvalue weighted by molar-refractivity contribution is 6.51. The van der Waals surface area contributed by atoms with Crippen molar-refractivity contribution in [3.8, 4) is 0 Å². The first kappa shape index (κ1) is 14.5. The quantitative estimate of drug-likeness (QED) is 0.603. The van der Waals surface area contributed by atoms with Crippen molar-refractivity contribution in [2.45, 2.75) is 69.0 Å². The molecule has 1 atom stereocenters. The molecule has 0 spiro atoms. The van der Waals surface area contributed by atoms with Crippen LogP contribution in [-0.2, 0) is 8.53 Å². The molecule has 0 bridgehead atoms. The van der Waals surface area contributed by atoms with Crippen LogP contribution in [0.5, 0.6) is 0 Å². The molecule has 0 N–H and O–H groups in total. The predicted octanol–water partition coefficient (Wildman–Crippen LogP) is 3.77. The minimum Gasteiger partial charge on any atom is -0.501 e. The molecule has 1 aliphatic rings. The molecular weight excluding hydrogens is 215 g/mol. The van der Waals surface area contributed by atoms with Gasteiger partial charge in [-0.3, -0.25) is 0 Å². The Morgan fingerprint density at radius 2 is 1.94 bits per heavy atom. The second-order valence-electron chi connectivity index (χ2n) is 4.85. The van der Waals surface area contributed by atoms with Gasteiger partial charge in [0.25, 0.3) is 0 Å². The van der Waals surface area contributed by atoms with Gasteiger partial charge in [0.05, 0.1) is 6.10 Å².